The second-order valence-electron chi connectivity index (χ2n) is 4.76. The smallest absolute Gasteiger partial charge is 0.227 e. The molecule has 3 heterocycles. The summed E-state index contributed by atoms with van der Waals surface area (Å²) < 4.78 is 5.50. The van der Waals surface area contributed by atoms with E-state index >= 15 is 0 Å². The summed E-state index contributed by atoms with van der Waals surface area (Å²) in [4.78, 5) is 10.7. The van der Waals surface area contributed by atoms with Gasteiger partial charge < -0.3 is 15.4 Å². The van der Waals surface area contributed by atoms with Gasteiger partial charge in [-0.15, -0.1) is 0 Å². The first kappa shape index (κ1) is 9.84. The van der Waals surface area contributed by atoms with Gasteiger partial charge in [0.05, 0.1) is 6.61 Å². The number of nitrogen functional groups attached to an aromatic ring is 1. The molecule has 1 aromatic heterocycles. The molecule has 3 rings (SSSR count). The highest BCUT2D eigenvalue weighted by Crippen LogP contribution is 2.39. The van der Waals surface area contributed by atoms with Crippen molar-refractivity contribution in [2.24, 2.45) is 5.41 Å². The maximum atomic E-state index is 5.67. The molecule has 2 fully saturated rings. The van der Waals surface area contributed by atoms with Gasteiger partial charge in [-0.3, -0.25) is 0 Å². The van der Waals surface area contributed by atoms with Gasteiger partial charge in [-0.05, 0) is 18.9 Å². The van der Waals surface area contributed by atoms with Crippen molar-refractivity contribution in [1.82, 2.24) is 9.97 Å². The van der Waals surface area contributed by atoms with Gasteiger partial charge >= 0.3 is 0 Å². The first-order valence-electron chi connectivity index (χ1n) is 5.69. The minimum absolute atomic E-state index is 0.341. The van der Waals surface area contributed by atoms with Crippen molar-refractivity contribution in [2.75, 3.05) is 36.9 Å². The van der Waals surface area contributed by atoms with Gasteiger partial charge in [-0.1, -0.05) is 0 Å². The predicted molar refractivity (Wildman–Crippen MR) is 61.1 cm³/mol. The van der Waals surface area contributed by atoms with Crippen LogP contribution in [0.2, 0.25) is 0 Å². The third-order valence-electron chi connectivity index (χ3n) is 3.57. The Morgan fingerprint density at radius 3 is 3.12 bits per heavy atom. The third-order valence-corrected chi connectivity index (χ3v) is 3.57. The van der Waals surface area contributed by atoms with Crippen LogP contribution < -0.4 is 10.6 Å². The maximum absolute atomic E-state index is 5.67. The second-order valence-corrected chi connectivity index (χ2v) is 4.76. The number of nitrogens with two attached hydrogens (primary N) is 1. The van der Waals surface area contributed by atoms with Gasteiger partial charge in [0.25, 0.3) is 0 Å². The Hall–Kier alpha value is -1.36. The number of anilines is 2. The molecule has 0 aliphatic carbocycles. The monoisotopic (exact) mass is 220 g/mol. The van der Waals surface area contributed by atoms with Crippen molar-refractivity contribution in [2.45, 2.75) is 12.8 Å². The maximum Gasteiger partial charge on any atom is 0.227 e. The summed E-state index contributed by atoms with van der Waals surface area (Å²) in [5.41, 5.74) is 6.01. The lowest BCUT2D eigenvalue weighted by Crippen LogP contribution is -2.28. The topological polar surface area (TPSA) is 64.3 Å². The summed E-state index contributed by atoms with van der Waals surface area (Å²) in [6, 6.07) is 1.72. The van der Waals surface area contributed by atoms with E-state index in [1.807, 2.05) is 0 Å². The molecule has 2 saturated heterocycles. The van der Waals surface area contributed by atoms with Crippen LogP contribution in [-0.4, -0.2) is 36.3 Å². The van der Waals surface area contributed by atoms with Crippen LogP contribution in [0.25, 0.3) is 0 Å². The fraction of sp³-hybridized carbons (Fsp3) is 0.636. The molecule has 2 N–H and O–H groups in total. The molecule has 0 aromatic carbocycles. The molecule has 16 heavy (non-hydrogen) atoms. The molecule has 0 unspecified atom stereocenters. The Labute approximate surface area is 94.6 Å². The van der Waals surface area contributed by atoms with Gasteiger partial charge in [0, 0.05) is 31.3 Å². The molecule has 1 atom stereocenters. The highest BCUT2D eigenvalue weighted by molar-refractivity contribution is 5.39. The molecule has 0 saturated carbocycles. The zero-order valence-corrected chi connectivity index (χ0v) is 9.22. The fourth-order valence-electron chi connectivity index (χ4n) is 2.59. The number of aromatic nitrogens is 2. The van der Waals surface area contributed by atoms with E-state index in [1.165, 1.54) is 6.42 Å². The molecular weight excluding hydrogens is 204 g/mol. The van der Waals surface area contributed by atoms with Crippen molar-refractivity contribution in [1.29, 1.82) is 0 Å². The minimum atomic E-state index is 0.341. The lowest BCUT2D eigenvalue weighted by atomic mass is 9.87. The van der Waals surface area contributed by atoms with Crippen molar-refractivity contribution in [3.05, 3.63) is 12.3 Å². The molecule has 5 nitrogen and oxygen atoms in total. The predicted octanol–water partition coefficient (Wildman–Crippen LogP) is 0.676. The highest BCUT2D eigenvalue weighted by atomic mass is 16.5. The first-order chi connectivity index (χ1) is 7.77. The summed E-state index contributed by atoms with van der Waals surface area (Å²) in [5, 5.41) is 0. The molecule has 86 valence electrons. The van der Waals surface area contributed by atoms with E-state index in [4.69, 9.17) is 10.5 Å². The zero-order chi connectivity index (χ0) is 11.0. The molecule has 1 spiro atoms. The van der Waals surface area contributed by atoms with Crippen LogP contribution in [0.15, 0.2) is 12.3 Å². The van der Waals surface area contributed by atoms with Crippen molar-refractivity contribution in [3.8, 4) is 0 Å². The standard InChI is InChI=1S/C11H16N4O/c12-9-1-4-13-10(14-9)15-5-2-11(7-15)3-6-16-8-11/h1,4H,2-3,5-8H2,(H2,12,13,14)/t11-/m0/s1. The molecule has 2 aliphatic heterocycles. The van der Waals surface area contributed by atoms with Crippen molar-refractivity contribution in [3.63, 3.8) is 0 Å². The van der Waals surface area contributed by atoms with Crippen LogP contribution in [0.3, 0.4) is 0 Å². The van der Waals surface area contributed by atoms with E-state index in [-0.39, 0.29) is 0 Å². The Bertz CT molecular complexity index is 389. The summed E-state index contributed by atoms with van der Waals surface area (Å²) in [6.45, 7) is 3.78. The third kappa shape index (κ3) is 1.61. The largest absolute Gasteiger partial charge is 0.384 e. The summed E-state index contributed by atoms with van der Waals surface area (Å²) in [7, 11) is 0. The molecule has 5 heteroatoms. The first-order valence-corrected chi connectivity index (χ1v) is 5.69. The van der Waals surface area contributed by atoms with Crippen molar-refractivity contribution < 1.29 is 4.74 Å². The number of hydrogen-bond donors (Lipinski definition) is 1. The fourth-order valence-corrected chi connectivity index (χ4v) is 2.59. The van der Waals surface area contributed by atoms with Crippen LogP contribution in [0.1, 0.15) is 12.8 Å². The van der Waals surface area contributed by atoms with Gasteiger partial charge in [-0.2, -0.15) is 4.98 Å². The number of ether oxygens (including phenoxy) is 1. The molecule has 0 bridgehead atoms. The average Bonchev–Trinajstić information content (AvgIpc) is 2.90. The SMILES string of the molecule is Nc1ccnc(N2CC[C@]3(CCOC3)C2)n1. The van der Waals surface area contributed by atoms with E-state index < -0.39 is 0 Å². The Morgan fingerprint density at radius 2 is 2.38 bits per heavy atom. The average molecular weight is 220 g/mol. The molecular formula is C11H16N4O. The Morgan fingerprint density at radius 1 is 1.44 bits per heavy atom. The molecule has 0 radical (unpaired) electrons. The van der Waals surface area contributed by atoms with E-state index in [0.717, 1.165) is 38.7 Å². The highest BCUT2D eigenvalue weighted by Gasteiger charge is 2.41. The summed E-state index contributed by atoms with van der Waals surface area (Å²) >= 11 is 0. The van der Waals surface area contributed by atoms with Crippen LogP contribution >= 0.6 is 0 Å². The quantitative estimate of drug-likeness (QED) is 0.753. The van der Waals surface area contributed by atoms with Crippen LogP contribution in [0.4, 0.5) is 11.8 Å². The molecule has 0 amide bonds. The number of rotatable bonds is 1. The van der Waals surface area contributed by atoms with Gasteiger partial charge in [0.1, 0.15) is 5.82 Å². The normalized spacial score (nSPS) is 29.1. The number of nitrogens with zero attached hydrogens (tertiary/aromatic N) is 3. The molecule has 2 aliphatic rings. The summed E-state index contributed by atoms with van der Waals surface area (Å²) in [6.07, 6.45) is 4.05. The summed E-state index contributed by atoms with van der Waals surface area (Å²) in [5.74, 6) is 1.29. The minimum Gasteiger partial charge on any atom is -0.384 e. The van der Waals surface area contributed by atoms with Crippen LogP contribution in [0.5, 0.6) is 0 Å². The second kappa shape index (κ2) is 3.59. The van der Waals surface area contributed by atoms with E-state index in [9.17, 15) is 0 Å². The lowest BCUT2D eigenvalue weighted by Gasteiger charge is -2.21. The zero-order valence-electron chi connectivity index (χ0n) is 9.22. The van der Waals surface area contributed by atoms with E-state index in [0.29, 0.717) is 11.2 Å². The Kier molecular flexibility index (Phi) is 2.21. The van der Waals surface area contributed by atoms with E-state index in [1.54, 1.807) is 12.3 Å². The van der Waals surface area contributed by atoms with Crippen molar-refractivity contribution >= 4 is 11.8 Å². The van der Waals surface area contributed by atoms with Gasteiger partial charge in [0.15, 0.2) is 0 Å². The lowest BCUT2D eigenvalue weighted by molar-refractivity contribution is 0.160. The Balaban J connectivity index is 1.78. The molecule has 1 aromatic rings. The van der Waals surface area contributed by atoms with Crippen LogP contribution in [0, 0.1) is 5.41 Å². The van der Waals surface area contributed by atoms with Gasteiger partial charge in [0.2, 0.25) is 5.95 Å². The van der Waals surface area contributed by atoms with Crippen LogP contribution in [-0.2, 0) is 4.74 Å². The van der Waals surface area contributed by atoms with E-state index in [2.05, 4.69) is 14.9 Å². The number of hydrogen-bond acceptors (Lipinski definition) is 5. The van der Waals surface area contributed by atoms with Gasteiger partial charge in [-0.25, -0.2) is 4.98 Å².